The number of anilines is 1. The molecular weight excluding hydrogens is 144 g/mol. The van der Waals surface area contributed by atoms with Crippen LogP contribution in [-0.2, 0) is 0 Å². The summed E-state index contributed by atoms with van der Waals surface area (Å²) >= 11 is 0. The highest BCUT2D eigenvalue weighted by Crippen LogP contribution is 2.15. The summed E-state index contributed by atoms with van der Waals surface area (Å²) in [5.41, 5.74) is 7.10. The second-order valence-electron chi connectivity index (χ2n) is 2.19. The van der Waals surface area contributed by atoms with Crippen LogP contribution in [0.2, 0.25) is 0 Å². The summed E-state index contributed by atoms with van der Waals surface area (Å²) in [4.78, 5) is 0.700. The summed E-state index contributed by atoms with van der Waals surface area (Å²) in [5, 5.41) is 16.1. The van der Waals surface area contributed by atoms with Gasteiger partial charge in [-0.2, -0.15) is 0 Å². The molecule has 2 rings (SSSR count). The van der Waals surface area contributed by atoms with Crippen molar-refractivity contribution in [1.29, 1.82) is 0 Å². The van der Waals surface area contributed by atoms with Gasteiger partial charge in [-0.3, -0.25) is 0 Å². The van der Waals surface area contributed by atoms with Crippen LogP contribution in [0.5, 0.6) is 0 Å². The molecule has 0 aliphatic carbocycles. The third-order valence-electron chi connectivity index (χ3n) is 1.49. The Kier molecular flexibility index (Phi) is 1.00. The van der Waals surface area contributed by atoms with Crippen molar-refractivity contribution in [3.8, 4) is 0 Å². The maximum absolute atomic E-state index is 9.02. The SMILES string of the molecule is Nc1cccc2c1nnn2O. The summed E-state index contributed by atoms with van der Waals surface area (Å²) in [6, 6.07) is 5.12. The second kappa shape index (κ2) is 1.85. The lowest BCUT2D eigenvalue weighted by Crippen LogP contribution is -1.91. The minimum Gasteiger partial charge on any atom is -0.410 e. The fraction of sp³-hybridized carbons (Fsp3) is 0. The molecule has 0 aliphatic rings. The molecule has 0 radical (unpaired) electrons. The molecule has 0 spiro atoms. The average molecular weight is 150 g/mol. The van der Waals surface area contributed by atoms with E-state index in [1.54, 1.807) is 18.2 Å². The second-order valence-corrected chi connectivity index (χ2v) is 2.19. The monoisotopic (exact) mass is 150 g/mol. The smallest absolute Gasteiger partial charge is 0.139 e. The average Bonchev–Trinajstić information content (AvgIpc) is 2.35. The van der Waals surface area contributed by atoms with Crippen molar-refractivity contribution < 1.29 is 5.21 Å². The Labute approximate surface area is 62.0 Å². The molecule has 0 saturated heterocycles. The molecule has 11 heavy (non-hydrogen) atoms. The number of hydrogen-bond acceptors (Lipinski definition) is 4. The molecule has 56 valence electrons. The van der Waals surface area contributed by atoms with Crippen LogP contribution in [0, 0.1) is 0 Å². The van der Waals surface area contributed by atoms with Gasteiger partial charge in [0, 0.05) is 0 Å². The lowest BCUT2D eigenvalue weighted by molar-refractivity contribution is 0.155. The van der Waals surface area contributed by atoms with Crippen molar-refractivity contribution in [2.24, 2.45) is 0 Å². The minimum absolute atomic E-state index is 0.516. The molecule has 1 aromatic carbocycles. The normalized spacial score (nSPS) is 10.5. The van der Waals surface area contributed by atoms with Crippen LogP contribution in [0.15, 0.2) is 18.2 Å². The largest absolute Gasteiger partial charge is 0.410 e. The summed E-state index contributed by atoms with van der Waals surface area (Å²) < 4.78 is 0. The van der Waals surface area contributed by atoms with Gasteiger partial charge in [0.1, 0.15) is 11.0 Å². The standard InChI is InChI=1S/C6H6N4O/c7-4-2-1-3-5-6(4)8-9-10(5)11/h1-3,11H,7H2. The zero-order valence-corrected chi connectivity index (χ0v) is 5.60. The molecule has 0 aliphatic heterocycles. The molecule has 5 nitrogen and oxygen atoms in total. The number of fused-ring (bicyclic) bond motifs is 1. The summed E-state index contributed by atoms with van der Waals surface area (Å²) in [6.45, 7) is 0. The highest BCUT2D eigenvalue weighted by Gasteiger charge is 2.03. The molecule has 0 atom stereocenters. The lowest BCUT2D eigenvalue weighted by Gasteiger charge is -1.91. The predicted octanol–water partition coefficient (Wildman–Crippen LogP) is 0.251. The topological polar surface area (TPSA) is 77.0 Å². The molecule has 0 fully saturated rings. The molecule has 0 amide bonds. The Morgan fingerprint density at radius 3 is 3.00 bits per heavy atom. The fourth-order valence-electron chi connectivity index (χ4n) is 0.954. The van der Waals surface area contributed by atoms with Crippen LogP contribution in [-0.4, -0.2) is 20.4 Å². The van der Waals surface area contributed by atoms with E-state index >= 15 is 0 Å². The molecule has 1 heterocycles. The third kappa shape index (κ3) is 0.706. The molecule has 1 aromatic heterocycles. The van der Waals surface area contributed by atoms with Gasteiger partial charge in [-0.15, -0.1) is 5.10 Å². The maximum atomic E-state index is 9.02. The van der Waals surface area contributed by atoms with Gasteiger partial charge >= 0.3 is 0 Å². The van der Waals surface area contributed by atoms with E-state index in [4.69, 9.17) is 10.9 Å². The van der Waals surface area contributed by atoms with E-state index in [1.807, 2.05) is 0 Å². The Hall–Kier alpha value is -1.78. The van der Waals surface area contributed by atoms with Crippen LogP contribution < -0.4 is 5.73 Å². The van der Waals surface area contributed by atoms with Crippen molar-refractivity contribution in [2.75, 3.05) is 5.73 Å². The van der Waals surface area contributed by atoms with Gasteiger partial charge in [-0.1, -0.05) is 10.9 Å². The molecule has 2 aromatic rings. The number of hydrogen-bond donors (Lipinski definition) is 2. The summed E-state index contributed by atoms with van der Waals surface area (Å²) in [5.74, 6) is 0. The number of nitrogens with two attached hydrogens (primary N) is 1. The van der Waals surface area contributed by atoms with Crippen LogP contribution in [0.1, 0.15) is 0 Å². The fourth-order valence-corrected chi connectivity index (χ4v) is 0.954. The summed E-state index contributed by atoms with van der Waals surface area (Å²) in [6.07, 6.45) is 0. The first-order valence-electron chi connectivity index (χ1n) is 3.08. The van der Waals surface area contributed by atoms with Gasteiger partial charge in [0.2, 0.25) is 0 Å². The Morgan fingerprint density at radius 2 is 2.27 bits per heavy atom. The predicted molar refractivity (Wildman–Crippen MR) is 39.1 cm³/mol. The minimum atomic E-state index is 0.516. The van der Waals surface area contributed by atoms with Crippen LogP contribution >= 0.6 is 0 Å². The number of benzene rings is 1. The highest BCUT2D eigenvalue weighted by atomic mass is 16.5. The number of nitrogens with zero attached hydrogens (tertiary/aromatic N) is 3. The summed E-state index contributed by atoms with van der Waals surface area (Å²) in [7, 11) is 0. The van der Waals surface area contributed by atoms with E-state index in [-0.39, 0.29) is 0 Å². The molecule has 0 unspecified atom stereocenters. The lowest BCUT2D eigenvalue weighted by atomic mass is 10.3. The van der Waals surface area contributed by atoms with Crippen molar-refractivity contribution >= 4 is 16.7 Å². The first-order chi connectivity index (χ1) is 5.29. The third-order valence-corrected chi connectivity index (χ3v) is 1.49. The van der Waals surface area contributed by atoms with Crippen LogP contribution in [0.3, 0.4) is 0 Å². The number of nitrogen functional groups attached to an aromatic ring is 1. The molecule has 0 bridgehead atoms. The van der Waals surface area contributed by atoms with Crippen molar-refractivity contribution in [1.82, 2.24) is 15.2 Å². The van der Waals surface area contributed by atoms with Gasteiger partial charge in [0.15, 0.2) is 0 Å². The number of aromatic nitrogens is 3. The highest BCUT2D eigenvalue weighted by molar-refractivity contribution is 5.85. The zero-order chi connectivity index (χ0) is 7.84. The van der Waals surface area contributed by atoms with Crippen molar-refractivity contribution in [3.63, 3.8) is 0 Å². The van der Waals surface area contributed by atoms with Crippen molar-refractivity contribution in [3.05, 3.63) is 18.2 Å². The molecule has 5 heteroatoms. The Morgan fingerprint density at radius 1 is 1.45 bits per heavy atom. The van der Waals surface area contributed by atoms with Gasteiger partial charge in [0.05, 0.1) is 5.69 Å². The van der Waals surface area contributed by atoms with E-state index in [1.165, 1.54) is 0 Å². The van der Waals surface area contributed by atoms with Gasteiger partial charge < -0.3 is 10.9 Å². The Bertz CT molecular complexity index is 394. The van der Waals surface area contributed by atoms with Crippen LogP contribution in [0.25, 0.3) is 11.0 Å². The number of rotatable bonds is 0. The maximum Gasteiger partial charge on any atom is 0.139 e. The van der Waals surface area contributed by atoms with E-state index in [0.29, 0.717) is 21.6 Å². The van der Waals surface area contributed by atoms with Crippen molar-refractivity contribution in [2.45, 2.75) is 0 Å². The van der Waals surface area contributed by atoms with E-state index < -0.39 is 0 Å². The zero-order valence-electron chi connectivity index (χ0n) is 5.60. The van der Waals surface area contributed by atoms with E-state index in [9.17, 15) is 0 Å². The molecule has 0 saturated carbocycles. The van der Waals surface area contributed by atoms with Gasteiger partial charge in [0.25, 0.3) is 0 Å². The molecule has 3 N–H and O–H groups in total. The quantitative estimate of drug-likeness (QED) is 0.417. The van der Waals surface area contributed by atoms with E-state index in [2.05, 4.69) is 10.3 Å². The van der Waals surface area contributed by atoms with Gasteiger partial charge in [-0.25, -0.2) is 0 Å². The molecular formula is C6H6N4O. The Balaban J connectivity index is 2.94. The first kappa shape index (κ1) is 5.96. The van der Waals surface area contributed by atoms with Gasteiger partial charge in [-0.05, 0) is 17.3 Å². The van der Waals surface area contributed by atoms with Crippen LogP contribution in [0.4, 0.5) is 5.69 Å². The van der Waals surface area contributed by atoms with E-state index in [0.717, 1.165) is 0 Å². The first-order valence-corrected chi connectivity index (χ1v) is 3.08.